The fourth-order valence-corrected chi connectivity index (χ4v) is 3.12. The Hall–Kier alpha value is -0.900. The lowest BCUT2D eigenvalue weighted by Crippen LogP contribution is -2.46. The third kappa shape index (κ3) is 6.40. The molecular formula is C17H24BrFIN3O2. The van der Waals surface area contributed by atoms with E-state index in [1.807, 2.05) is 6.92 Å². The number of carbonyl (C=O) groups excluding carboxylic acids is 1. The van der Waals surface area contributed by atoms with Crippen molar-refractivity contribution in [1.29, 1.82) is 0 Å². The van der Waals surface area contributed by atoms with Gasteiger partial charge >= 0.3 is 5.97 Å². The summed E-state index contributed by atoms with van der Waals surface area (Å²) in [4.78, 5) is 18.4. The molecule has 1 saturated heterocycles. The largest absolute Gasteiger partial charge is 0.469 e. The topological polar surface area (TPSA) is 53.9 Å². The standard InChI is InChI=1S/C17H23BrFN3O2.HI/c1-3-20-17(21-11-13-10-14(19)4-5-15(13)18)22-8-6-12(7-9-22)16(23)24-2;/h4-5,10,12H,3,6-9,11H2,1-2H3,(H,20,21);1H. The van der Waals surface area contributed by atoms with Crippen molar-refractivity contribution >= 4 is 51.8 Å². The second-order valence-electron chi connectivity index (χ2n) is 5.69. The van der Waals surface area contributed by atoms with Crippen molar-refractivity contribution in [2.45, 2.75) is 26.3 Å². The van der Waals surface area contributed by atoms with Gasteiger partial charge < -0.3 is 15.0 Å². The van der Waals surface area contributed by atoms with Crippen LogP contribution in [0.1, 0.15) is 25.3 Å². The minimum atomic E-state index is -0.271. The summed E-state index contributed by atoms with van der Waals surface area (Å²) in [5, 5.41) is 3.27. The number of methoxy groups -OCH3 is 1. The molecule has 0 amide bonds. The normalized spacial score (nSPS) is 15.5. The molecule has 0 bridgehead atoms. The molecule has 8 heteroatoms. The van der Waals surface area contributed by atoms with Crippen LogP contribution in [0.5, 0.6) is 0 Å². The van der Waals surface area contributed by atoms with E-state index in [1.54, 1.807) is 6.07 Å². The molecular weight excluding hydrogens is 504 g/mol. The smallest absolute Gasteiger partial charge is 0.308 e. The quantitative estimate of drug-likeness (QED) is 0.281. The number of guanidine groups is 1. The van der Waals surface area contributed by atoms with Gasteiger partial charge in [0.25, 0.3) is 0 Å². The average molecular weight is 528 g/mol. The van der Waals surface area contributed by atoms with Gasteiger partial charge in [0, 0.05) is 24.1 Å². The lowest BCUT2D eigenvalue weighted by atomic mass is 9.97. The number of esters is 1. The van der Waals surface area contributed by atoms with Crippen molar-refractivity contribution in [2.75, 3.05) is 26.7 Å². The molecule has 1 fully saturated rings. The number of likely N-dealkylation sites (tertiary alicyclic amines) is 1. The van der Waals surface area contributed by atoms with Crippen LogP contribution in [0.15, 0.2) is 27.7 Å². The molecule has 140 valence electrons. The summed E-state index contributed by atoms with van der Waals surface area (Å²) in [6.45, 7) is 4.64. The third-order valence-corrected chi connectivity index (χ3v) is 4.84. The highest BCUT2D eigenvalue weighted by Gasteiger charge is 2.26. The molecule has 0 aliphatic carbocycles. The zero-order chi connectivity index (χ0) is 17.5. The summed E-state index contributed by atoms with van der Waals surface area (Å²) in [7, 11) is 1.43. The molecule has 2 rings (SSSR count). The lowest BCUT2D eigenvalue weighted by molar-refractivity contribution is -0.146. The van der Waals surface area contributed by atoms with Crippen molar-refractivity contribution in [1.82, 2.24) is 10.2 Å². The summed E-state index contributed by atoms with van der Waals surface area (Å²) in [5.41, 5.74) is 0.801. The van der Waals surface area contributed by atoms with E-state index in [1.165, 1.54) is 19.2 Å². The Morgan fingerprint density at radius 3 is 2.72 bits per heavy atom. The van der Waals surface area contributed by atoms with Crippen molar-refractivity contribution in [3.05, 3.63) is 34.1 Å². The van der Waals surface area contributed by atoms with Gasteiger partial charge in [0.05, 0.1) is 19.6 Å². The van der Waals surface area contributed by atoms with Gasteiger partial charge in [-0.05, 0) is 43.5 Å². The molecule has 0 spiro atoms. The molecule has 0 saturated carbocycles. The van der Waals surface area contributed by atoms with Crippen LogP contribution in [0.2, 0.25) is 0 Å². The van der Waals surface area contributed by atoms with Gasteiger partial charge in [-0.2, -0.15) is 0 Å². The van der Waals surface area contributed by atoms with E-state index in [9.17, 15) is 9.18 Å². The Morgan fingerprint density at radius 2 is 2.12 bits per heavy atom. The molecule has 1 N–H and O–H groups in total. The number of rotatable bonds is 4. The first-order chi connectivity index (χ1) is 11.5. The van der Waals surface area contributed by atoms with Crippen molar-refractivity contribution in [3.63, 3.8) is 0 Å². The van der Waals surface area contributed by atoms with E-state index < -0.39 is 0 Å². The van der Waals surface area contributed by atoms with Gasteiger partial charge in [0.1, 0.15) is 5.82 Å². The van der Waals surface area contributed by atoms with Crippen LogP contribution in [0, 0.1) is 11.7 Å². The molecule has 0 unspecified atom stereocenters. The number of halogens is 3. The Bertz CT molecular complexity index is 608. The molecule has 0 radical (unpaired) electrons. The van der Waals surface area contributed by atoms with E-state index in [4.69, 9.17) is 4.74 Å². The molecule has 1 aromatic carbocycles. The van der Waals surface area contributed by atoms with Crippen LogP contribution in [0.4, 0.5) is 4.39 Å². The predicted molar refractivity (Wildman–Crippen MR) is 111 cm³/mol. The Morgan fingerprint density at radius 1 is 1.44 bits per heavy atom. The maximum atomic E-state index is 13.4. The zero-order valence-electron chi connectivity index (χ0n) is 14.4. The predicted octanol–water partition coefficient (Wildman–Crippen LogP) is 3.56. The van der Waals surface area contributed by atoms with Crippen molar-refractivity contribution < 1.29 is 13.9 Å². The van der Waals surface area contributed by atoms with E-state index in [0.29, 0.717) is 6.54 Å². The number of hydrogen-bond donors (Lipinski definition) is 1. The van der Waals surface area contributed by atoms with Gasteiger partial charge in [-0.15, -0.1) is 24.0 Å². The number of benzene rings is 1. The molecule has 0 aromatic heterocycles. The summed E-state index contributed by atoms with van der Waals surface area (Å²) in [6.07, 6.45) is 1.50. The summed E-state index contributed by atoms with van der Waals surface area (Å²) in [5.74, 6) is 0.344. The maximum absolute atomic E-state index is 13.4. The van der Waals surface area contributed by atoms with Crippen LogP contribution < -0.4 is 5.32 Å². The first kappa shape index (κ1) is 22.1. The third-order valence-electron chi connectivity index (χ3n) is 4.07. The fraction of sp³-hybridized carbons (Fsp3) is 0.529. The van der Waals surface area contributed by atoms with Crippen LogP contribution >= 0.6 is 39.9 Å². The number of carbonyl (C=O) groups is 1. The molecule has 25 heavy (non-hydrogen) atoms. The van der Waals surface area contributed by atoms with Crippen LogP contribution in [-0.4, -0.2) is 43.6 Å². The zero-order valence-corrected chi connectivity index (χ0v) is 18.3. The van der Waals surface area contributed by atoms with Gasteiger partial charge in [-0.25, -0.2) is 9.38 Å². The monoisotopic (exact) mass is 527 g/mol. The van der Waals surface area contributed by atoms with Gasteiger partial charge in [0.2, 0.25) is 0 Å². The Kier molecular flexibility index (Phi) is 9.70. The second kappa shape index (κ2) is 10.9. The first-order valence-electron chi connectivity index (χ1n) is 8.10. The first-order valence-corrected chi connectivity index (χ1v) is 8.89. The molecule has 0 atom stereocenters. The minimum Gasteiger partial charge on any atom is -0.469 e. The van der Waals surface area contributed by atoms with Crippen molar-refractivity contribution in [2.24, 2.45) is 10.9 Å². The highest BCUT2D eigenvalue weighted by Crippen LogP contribution is 2.20. The van der Waals surface area contributed by atoms with E-state index in [0.717, 1.165) is 48.5 Å². The average Bonchev–Trinajstić information content (AvgIpc) is 2.60. The van der Waals surface area contributed by atoms with E-state index in [-0.39, 0.29) is 41.7 Å². The SMILES string of the molecule is CCNC(=NCc1cc(F)ccc1Br)N1CCC(C(=O)OC)CC1.I. The number of aliphatic imine (C=N–C) groups is 1. The van der Waals surface area contributed by atoms with Crippen LogP contribution in [0.25, 0.3) is 0 Å². The lowest BCUT2D eigenvalue weighted by Gasteiger charge is -2.33. The van der Waals surface area contributed by atoms with Gasteiger partial charge in [-0.1, -0.05) is 15.9 Å². The number of nitrogens with zero attached hydrogens (tertiary/aromatic N) is 2. The van der Waals surface area contributed by atoms with Gasteiger partial charge in [-0.3, -0.25) is 4.79 Å². The fourth-order valence-electron chi connectivity index (χ4n) is 2.74. The Labute approximate surface area is 173 Å². The maximum Gasteiger partial charge on any atom is 0.308 e. The molecule has 1 aromatic rings. The van der Waals surface area contributed by atoms with Crippen LogP contribution in [0.3, 0.4) is 0 Å². The van der Waals surface area contributed by atoms with Crippen LogP contribution in [-0.2, 0) is 16.1 Å². The molecule has 5 nitrogen and oxygen atoms in total. The van der Waals surface area contributed by atoms with Gasteiger partial charge in [0.15, 0.2) is 5.96 Å². The number of nitrogens with one attached hydrogen (secondary N) is 1. The van der Waals surface area contributed by atoms with E-state index in [2.05, 4.69) is 31.1 Å². The minimum absolute atomic E-state index is 0. The highest BCUT2D eigenvalue weighted by molar-refractivity contribution is 14.0. The number of hydrogen-bond acceptors (Lipinski definition) is 3. The number of ether oxygens (including phenoxy) is 1. The summed E-state index contributed by atoms with van der Waals surface area (Å²) >= 11 is 3.43. The van der Waals surface area contributed by atoms with E-state index >= 15 is 0 Å². The molecule has 1 aliphatic rings. The summed E-state index contributed by atoms with van der Waals surface area (Å²) in [6, 6.07) is 4.59. The molecule has 1 heterocycles. The molecule has 1 aliphatic heterocycles. The number of piperidine rings is 1. The highest BCUT2D eigenvalue weighted by atomic mass is 127. The second-order valence-corrected chi connectivity index (χ2v) is 6.54. The summed E-state index contributed by atoms with van der Waals surface area (Å²) < 4.78 is 19.0. The Balaban J connectivity index is 0.00000312. The van der Waals surface area contributed by atoms with Crippen molar-refractivity contribution in [3.8, 4) is 0 Å².